The van der Waals surface area contributed by atoms with Gasteiger partial charge in [-0.1, -0.05) is 29.8 Å². The minimum absolute atomic E-state index is 0. The van der Waals surface area contributed by atoms with E-state index in [9.17, 15) is 5.11 Å². The molecule has 0 fully saturated rings. The van der Waals surface area contributed by atoms with Gasteiger partial charge in [-0.15, -0.1) is 12.4 Å². The fraction of sp³-hybridized carbons (Fsp3) is 0.250. The quantitative estimate of drug-likeness (QED) is 0.793. The maximum atomic E-state index is 9.52. The first-order chi connectivity index (χ1) is 9.69. The minimum atomic E-state index is 0. The molecule has 0 spiro atoms. The van der Waals surface area contributed by atoms with Gasteiger partial charge in [0.2, 0.25) is 0 Å². The molecule has 0 aliphatic heterocycles. The molecule has 0 bridgehead atoms. The van der Waals surface area contributed by atoms with E-state index in [0.717, 1.165) is 30.1 Å². The predicted octanol–water partition coefficient (Wildman–Crippen LogP) is 3.81. The summed E-state index contributed by atoms with van der Waals surface area (Å²) in [6.45, 7) is 1.62. The smallest absolute Gasteiger partial charge is 0.160 e. The van der Waals surface area contributed by atoms with Crippen LogP contribution in [-0.2, 0) is 13.0 Å². The maximum Gasteiger partial charge on any atom is 0.160 e. The van der Waals surface area contributed by atoms with Crippen LogP contribution in [0.15, 0.2) is 42.5 Å². The van der Waals surface area contributed by atoms with E-state index in [0.29, 0.717) is 5.75 Å². The second kappa shape index (κ2) is 8.78. The van der Waals surface area contributed by atoms with E-state index in [-0.39, 0.29) is 18.2 Å². The summed E-state index contributed by atoms with van der Waals surface area (Å²) >= 11 is 5.85. The summed E-state index contributed by atoms with van der Waals surface area (Å²) in [7, 11) is 1.55. The Bertz CT molecular complexity index is 559. The van der Waals surface area contributed by atoms with Crippen LogP contribution in [0.2, 0.25) is 5.02 Å². The minimum Gasteiger partial charge on any atom is -0.504 e. The lowest BCUT2D eigenvalue weighted by Crippen LogP contribution is -2.16. The maximum absolute atomic E-state index is 9.52. The highest BCUT2D eigenvalue weighted by Crippen LogP contribution is 2.26. The van der Waals surface area contributed by atoms with E-state index < -0.39 is 0 Å². The highest BCUT2D eigenvalue weighted by molar-refractivity contribution is 6.30. The van der Waals surface area contributed by atoms with Crippen LogP contribution in [0.1, 0.15) is 11.1 Å². The van der Waals surface area contributed by atoms with Gasteiger partial charge in [-0.3, -0.25) is 0 Å². The Kier molecular flexibility index (Phi) is 7.37. The number of methoxy groups -OCH3 is 1. The molecule has 0 heterocycles. The third kappa shape index (κ3) is 5.46. The van der Waals surface area contributed by atoms with Crippen molar-refractivity contribution in [2.45, 2.75) is 13.0 Å². The van der Waals surface area contributed by atoms with Crippen LogP contribution in [-0.4, -0.2) is 18.8 Å². The van der Waals surface area contributed by atoms with E-state index in [1.165, 1.54) is 5.56 Å². The topological polar surface area (TPSA) is 41.5 Å². The van der Waals surface area contributed by atoms with Crippen LogP contribution in [0.5, 0.6) is 11.5 Å². The number of halogens is 2. The third-order valence-corrected chi connectivity index (χ3v) is 3.33. The molecule has 2 aromatic rings. The van der Waals surface area contributed by atoms with E-state index in [1.807, 2.05) is 36.4 Å². The van der Waals surface area contributed by atoms with Gasteiger partial charge in [0.25, 0.3) is 0 Å². The Morgan fingerprint density at radius 1 is 1.10 bits per heavy atom. The Hall–Kier alpha value is -1.42. The molecule has 21 heavy (non-hydrogen) atoms. The first-order valence-corrected chi connectivity index (χ1v) is 6.88. The average molecular weight is 328 g/mol. The van der Waals surface area contributed by atoms with Gasteiger partial charge < -0.3 is 15.2 Å². The van der Waals surface area contributed by atoms with Gasteiger partial charge in [0.1, 0.15) is 0 Å². The van der Waals surface area contributed by atoms with Gasteiger partial charge >= 0.3 is 0 Å². The summed E-state index contributed by atoms with van der Waals surface area (Å²) in [4.78, 5) is 0. The number of benzene rings is 2. The van der Waals surface area contributed by atoms with Crippen molar-refractivity contribution in [1.82, 2.24) is 5.32 Å². The van der Waals surface area contributed by atoms with Crippen LogP contribution in [0.25, 0.3) is 0 Å². The molecule has 0 saturated heterocycles. The summed E-state index contributed by atoms with van der Waals surface area (Å²) < 4.78 is 5.08. The Morgan fingerprint density at radius 3 is 2.43 bits per heavy atom. The SMILES string of the molecule is COc1cc(CNCCc2ccc(Cl)cc2)ccc1O.Cl. The normalized spacial score (nSPS) is 10.0. The van der Waals surface area contributed by atoms with E-state index in [4.69, 9.17) is 16.3 Å². The fourth-order valence-corrected chi connectivity index (χ4v) is 2.07. The van der Waals surface area contributed by atoms with E-state index in [1.54, 1.807) is 13.2 Å². The lowest BCUT2D eigenvalue weighted by molar-refractivity contribution is 0.373. The Labute approximate surface area is 136 Å². The highest BCUT2D eigenvalue weighted by Gasteiger charge is 2.02. The molecule has 3 nitrogen and oxygen atoms in total. The Balaban J connectivity index is 0.00000220. The number of phenols is 1. The first kappa shape index (κ1) is 17.6. The number of hydrogen-bond acceptors (Lipinski definition) is 3. The molecule has 2 rings (SSSR count). The predicted molar refractivity (Wildman–Crippen MR) is 88.8 cm³/mol. The van der Waals surface area contributed by atoms with Crippen molar-refractivity contribution >= 4 is 24.0 Å². The van der Waals surface area contributed by atoms with Gasteiger partial charge in [0, 0.05) is 11.6 Å². The number of phenolic OH excluding ortho intramolecular Hbond substituents is 1. The zero-order valence-corrected chi connectivity index (χ0v) is 13.4. The average Bonchev–Trinajstić information content (AvgIpc) is 2.47. The summed E-state index contributed by atoms with van der Waals surface area (Å²) in [6.07, 6.45) is 0.951. The number of aromatic hydroxyl groups is 1. The standard InChI is InChI=1S/C16H18ClNO2.ClH/c1-20-16-10-13(4-7-15(16)19)11-18-9-8-12-2-5-14(17)6-3-12;/h2-7,10,18-19H,8-9,11H2,1H3;1H. The monoisotopic (exact) mass is 327 g/mol. The number of rotatable bonds is 6. The van der Waals surface area contributed by atoms with Crippen LogP contribution in [0.3, 0.4) is 0 Å². The molecule has 0 atom stereocenters. The van der Waals surface area contributed by atoms with Crippen LogP contribution < -0.4 is 10.1 Å². The zero-order valence-electron chi connectivity index (χ0n) is 11.8. The van der Waals surface area contributed by atoms with Crippen molar-refractivity contribution < 1.29 is 9.84 Å². The molecular weight excluding hydrogens is 309 g/mol. The van der Waals surface area contributed by atoms with Crippen molar-refractivity contribution in [2.24, 2.45) is 0 Å². The number of hydrogen-bond donors (Lipinski definition) is 2. The van der Waals surface area contributed by atoms with E-state index in [2.05, 4.69) is 5.32 Å². The van der Waals surface area contributed by atoms with Gasteiger partial charge in [-0.2, -0.15) is 0 Å². The molecule has 2 N–H and O–H groups in total. The van der Waals surface area contributed by atoms with Gasteiger partial charge in [0.15, 0.2) is 11.5 Å². The second-order valence-electron chi connectivity index (χ2n) is 4.56. The zero-order chi connectivity index (χ0) is 14.4. The second-order valence-corrected chi connectivity index (χ2v) is 5.00. The number of ether oxygens (including phenoxy) is 1. The van der Waals surface area contributed by atoms with Crippen LogP contribution >= 0.6 is 24.0 Å². The lowest BCUT2D eigenvalue weighted by Gasteiger charge is -2.08. The molecule has 114 valence electrons. The molecule has 0 aliphatic rings. The molecule has 0 unspecified atom stereocenters. The Morgan fingerprint density at radius 2 is 1.76 bits per heavy atom. The molecule has 0 aliphatic carbocycles. The molecule has 0 saturated carbocycles. The van der Waals surface area contributed by atoms with Crippen molar-refractivity contribution in [3.63, 3.8) is 0 Å². The van der Waals surface area contributed by atoms with E-state index >= 15 is 0 Å². The van der Waals surface area contributed by atoms with Crippen LogP contribution in [0, 0.1) is 0 Å². The molecule has 0 amide bonds. The highest BCUT2D eigenvalue weighted by atomic mass is 35.5. The van der Waals surface area contributed by atoms with Crippen molar-refractivity contribution in [3.05, 3.63) is 58.6 Å². The summed E-state index contributed by atoms with van der Waals surface area (Å²) in [5.41, 5.74) is 2.33. The molecule has 2 aromatic carbocycles. The first-order valence-electron chi connectivity index (χ1n) is 6.50. The molecular formula is C16H19Cl2NO2. The largest absolute Gasteiger partial charge is 0.504 e. The van der Waals surface area contributed by atoms with Crippen molar-refractivity contribution in [1.29, 1.82) is 0 Å². The molecule has 0 radical (unpaired) electrons. The molecule has 5 heteroatoms. The number of nitrogens with one attached hydrogen (secondary N) is 1. The molecule has 0 aromatic heterocycles. The van der Waals surface area contributed by atoms with Gasteiger partial charge in [0.05, 0.1) is 7.11 Å². The lowest BCUT2D eigenvalue weighted by atomic mass is 10.1. The fourth-order valence-electron chi connectivity index (χ4n) is 1.95. The van der Waals surface area contributed by atoms with Crippen molar-refractivity contribution in [3.8, 4) is 11.5 Å². The third-order valence-electron chi connectivity index (χ3n) is 3.08. The summed E-state index contributed by atoms with van der Waals surface area (Å²) in [5.74, 6) is 0.666. The summed E-state index contributed by atoms with van der Waals surface area (Å²) in [6, 6.07) is 13.2. The summed E-state index contributed by atoms with van der Waals surface area (Å²) in [5, 5.41) is 13.6. The van der Waals surface area contributed by atoms with Gasteiger partial charge in [-0.05, 0) is 48.4 Å². The van der Waals surface area contributed by atoms with Gasteiger partial charge in [-0.25, -0.2) is 0 Å². The van der Waals surface area contributed by atoms with Crippen molar-refractivity contribution in [2.75, 3.05) is 13.7 Å². The van der Waals surface area contributed by atoms with Crippen LogP contribution in [0.4, 0.5) is 0 Å².